The van der Waals surface area contributed by atoms with Gasteiger partial charge in [-0.25, -0.2) is 0 Å². The van der Waals surface area contributed by atoms with E-state index in [-0.39, 0.29) is 0 Å². The molecule has 0 unspecified atom stereocenters. The van der Waals surface area contributed by atoms with Crippen molar-refractivity contribution in [2.45, 2.75) is 0 Å². The molecule has 0 aliphatic carbocycles. The van der Waals surface area contributed by atoms with Gasteiger partial charge in [0.25, 0.3) is 0 Å². The smallest absolute Gasteiger partial charge is 0.0484 e. The molecule has 70 valence electrons. The van der Waals surface area contributed by atoms with Crippen LogP contribution in [-0.2, 0) is 0 Å². The molecule has 2 nitrogen and oxygen atoms in total. The molecule has 1 aromatic carbocycles. The van der Waals surface area contributed by atoms with E-state index in [0.717, 1.165) is 6.54 Å². The zero-order chi connectivity index (χ0) is 9.54. The lowest BCUT2D eigenvalue weighted by Gasteiger charge is -2.18. The Labute approximate surface area is 82.9 Å². The van der Waals surface area contributed by atoms with Gasteiger partial charge in [-0.05, 0) is 18.2 Å². The van der Waals surface area contributed by atoms with Gasteiger partial charge < -0.3 is 10.2 Å². The number of fused-ring (bicyclic) bond motifs is 3. The van der Waals surface area contributed by atoms with Gasteiger partial charge in [0.2, 0.25) is 0 Å². The molecule has 1 N–H and O–H groups in total. The summed E-state index contributed by atoms with van der Waals surface area (Å²) in [5.74, 6) is 0. The van der Waals surface area contributed by atoms with Crippen molar-refractivity contribution in [1.29, 1.82) is 0 Å². The van der Waals surface area contributed by atoms with Crippen LogP contribution in [0.4, 0.5) is 11.4 Å². The first kappa shape index (κ1) is 7.68. The largest absolute Gasteiger partial charge is 0.381 e. The summed E-state index contributed by atoms with van der Waals surface area (Å²) in [4.78, 5) is 2.15. The van der Waals surface area contributed by atoms with Gasteiger partial charge in [0.05, 0.1) is 0 Å². The third-order valence-corrected chi connectivity index (χ3v) is 2.82. The fourth-order valence-electron chi connectivity index (χ4n) is 2.09. The number of hydrogen-bond donors (Lipinski definition) is 1. The molecule has 1 aromatic rings. The molecule has 0 atom stereocenters. The number of nitrogens with zero attached hydrogens (tertiary/aromatic N) is 1. The molecular weight excluding hydrogens is 172 g/mol. The molecule has 2 heteroatoms. The van der Waals surface area contributed by atoms with Crippen LogP contribution in [0, 0.1) is 0 Å². The van der Waals surface area contributed by atoms with E-state index in [1.54, 1.807) is 0 Å². The molecule has 2 heterocycles. The second-order valence-corrected chi connectivity index (χ2v) is 3.66. The first-order chi connectivity index (χ1) is 6.86. The van der Waals surface area contributed by atoms with Crippen LogP contribution in [0.25, 0.3) is 12.2 Å². The summed E-state index contributed by atoms with van der Waals surface area (Å²) < 4.78 is 0. The van der Waals surface area contributed by atoms with E-state index in [2.05, 4.69) is 53.8 Å². The summed E-state index contributed by atoms with van der Waals surface area (Å²) in [6.07, 6.45) is 8.60. The first-order valence-electron chi connectivity index (χ1n) is 4.85. The van der Waals surface area contributed by atoms with E-state index in [9.17, 15) is 0 Å². The molecule has 2 aliphatic heterocycles. The van der Waals surface area contributed by atoms with Crippen molar-refractivity contribution in [3.63, 3.8) is 0 Å². The second kappa shape index (κ2) is 2.64. The van der Waals surface area contributed by atoms with Gasteiger partial charge in [0.15, 0.2) is 0 Å². The van der Waals surface area contributed by atoms with Crippen molar-refractivity contribution in [3.8, 4) is 0 Å². The highest BCUT2D eigenvalue weighted by Crippen LogP contribution is 2.12. The Kier molecular flexibility index (Phi) is 1.45. The number of anilines is 2. The first-order valence-corrected chi connectivity index (χ1v) is 4.85. The normalized spacial score (nSPS) is 16.5. The lowest BCUT2D eigenvalue weighted by molar-refractivity contribution is 1.18. The van der Waals surface area contributed by atoms with Crippen molar-refractivity contribution >= 4 is 23.5 Å². The van der Waals surface area contributed by atoms with E-state index in [0.29, 0.717) is 0 Å². The van der Waals surface area contributed by atoms with Crippen molar-refractivity contribution in [2.24, 2.45) is 0 Å². The monoisotopic (exact) mass is 184 g/mol. The zero-order valence-electron chi connectivity index (χ0n) is 8.12. The van der Waals surface area contributed by atoms with Crippen molar-refractivity contribution in [1.82, 2.24) is 0 Å². The van der Waals surface area contributed by atoms with Gasteiger partial charge in [0, 0.05) is 41.6 Å². The summed E-state index contributed by atoms with van der Waals surface area (Å²) in [6, 6.07) is 4.32. The molecule has 0 amide bonds. The summed E-state index contributed by atoms with van der Waals surface area (Å²) >= 11 is 0. The van der Waals surface area contributed by atoms with Gasteiger partial charge in [0.1, 0.15) is 0 Å². The lowest BCUT2D eigenvalue weighted by Crippen LogP contribution is -2.32. The topological polar surface area (TPSA) is 15.3 Å². The summed E-state index contributed by atoms with van der Waals surface area (Å²) in [5.41, 5.74) is 2.54. The highest BCUT2D eigenvalue weighted by molar-refractivity contribution is 5.69. The Bertz CT molecular complexity index is 526. The van der Waals surface area contributed by atoms with E-state index in [4.69, 9.17) is 0 Å². The molecule has 0 spiro atoms. The minimum absolute atomic E-state index is 0.951. The maximum absolute atomic E-state index is 3.35. The average Bonchev–Trinajstić information content (AvgIpc) is 2.66. The highest BCUT2D eigenvalue weighted by Gasteiger charge is 2.09. The number of hydrogen-bond acceptors (Lipinski definition) is 2. The minimum Gasteiger partial charge on any atom is -0.381 e. The molecule has 0 saturated heterocycles. The van der Waals surface area contributed by atoms with E-state index >= 15 is 0 Å². The molecular formula is C12H12N2. The Hall–Kier alpha value is -1.70. The predicted octanol–water partition coefficient (Wildman–Crippen LogP) is 0.637. The van der Waals surface area contributed by atoms with Crippen LogP contribution in [0.3, 0.4) is 0 Å². The summed E-state index contributed by atoms with van der Waals surface area (Å²) in [6.45, 7) is 0.951. The van der Waals surface area contributed by atoms with Crippen LogP contribution in [0.1, 0.15) is 0 Å². The molecule has 0 fully saturated rings. The molecule has 14 heavy (non-hydrogen) atoms. The van der Waals surface area contributed by atoms with Crippen LogP contribution >= 0.6 is 0 Å². The molecule has 0 saturated carbocycles. The molecule has 0 aromatic heterocycles. The Morgan fingerprint density at radius 2 is 2.21 bits per heavy atom. The van der Waals surface area contributed by atoms with Gasteiger partial charge in [-0.1, -0.05) is 12.2 Å². The fraction of sp³-hybridized carbons (Fsp3) is 0.167. The number of rotatable bonds is 0. The maximum atomic E-state index is 3.35. The predicted molar refractivity (Wildman–Crippen MR) is 60.7 cm³/mol. The number of benzene rings is 1. The van der Waals surface area contributed by atoms with Crippen LogP contribution < -0.4 is 20.7 Å². The fourth-order valence-corrected chi connectivity index (χ4v) is 2.09. The number of nitrogens with one attached hydrogen (secondary N) is 1. The average molecular weight is 184 g/mol. The van der Waals surface area contributed by atoms with Gasteiger partial charge in [-0.2, -0.15) is 0 Å². The lowest BCUT2D eigenvalue weighted by atomic mass is 10.1. The van der Waals surface area contributed by atoms with Crippen molar-refractivity contribution in [2.75, 3.05) is 23.8 Å². The maximum Gasteiger partial charge on any atom is 0.0484 e. The van der Waals surface area contributed by atoms with Gasteiger partial charge in [-0.3, -0.25) is 0 Å². The highest BCUT2D eigenvalue weighted by atomic mass is 15.1. The standard InChI is InChI=1S/C12H12N2/c1-14-8-2-3-10-9-6-7-13-11(9)4-5-12(10)14/h2-6,8,13H,7H2,1H3. The third-order valence-electron chi connectivity index (χ3n) is 2.82. The van der Waals surface area contributed by atoms with Crippen LogP contribution in [0.2, 0.25) is 0 Å². The zero-order valence-corrected chi connectivity index (χ0v) is 8.12. The molecule has 3 rings (SSSR count). The molecule has 0 bridgehead atoms. The second-order valence-electron chi connectivity index (χ2n) is 3.66. The summed E-state index contributed by atoms with van der Waals surface area (Å²) in [7, 11) is 2.08. The third kappa shape index (κ3) is 0.909. The minimum atomic E-state index is 0.951. The van der Waals surface area contributed by atoms with Crippen LogP contribution in [0.5, 0.6) is 0 Å². The van der Waals surface area contributed by atoms with Crippen LogP contribution in [-0.4, -0.2) is 13.6 Å². The Morgan fingerprint density at radius 1 is 1.29 bits per heavy atom. The van der Waals surface area contributed by atoms with E-state index < -0.39 is 0 Å². The molecule has 0 radical (unpaired) electrons. The van der Waals surface area contributed by atoms with Crippen molar-refractivity contribution < 1.29 is 0 Å². The van der Waals surface area contributed by atoms with Crippen molar-refractivity contribution in [3.05, 3.63) is 34.8 Å². The van der Waals surface area contributed by atoms with E-state index in [1.807, 2.05) is 0 Å². The Morgan fingerprint density at radius 3 is 3.14 bits per heavy atom. The van der Waals surface area contributed by atoms with E-state index in [1.165, 1.54) is 21.8 Å². The quantitative estimate of drug-likeness (QED) is 0.636. The SMILES string of the molecule is CN1C=CC=c2c1ccc1c2=CCN1. The molecule has 2 aliphatic rings. The Balaban J connectivity index is 2.44. The van der Waals surface area contributed by atoms with Gasteiger partial charge >= 0.3 is 0 Å². The number of allylic oxidation sites excluding steroid dienone is 1. The van der Waals surface area contributed by atoms with Gasteiger partial charge in [-0.15, -0.1) is 0 Å². The summed E-state index contributed by atoms with van der Waals surface area (Å²) in [5, 5.41) is 6.02. The van der Waals surface area contributed by atoms with Crippen LogP contribution in [0.15, 0.2) is 24.4 Å².